The van der Waals surface area contributed by atoms with Gasteiger partial charge in [-0.15, -0.1) is 0 Å². The van der Waals surface area contributed by atoms with Gasteiger partial charge in [-0.2, -0.15) is 0 Å². The number of ether oxygens (including phenoxy) is 2. The minimum Gasteiger partial charge on any atom is -0.496 e. The van der Waals surface area contributed by atoms with Crippen molar-refractivity contribution in [3.05, 3.63) is 48.0 Å². The predicted molar refractivity (Wildman–Crippen MR) is 85.6 cm³/mol. The lowest BCUT2D eigenvalue weighted by Gasteiger charge is -2.16. The summed E-state index contributed by atoms with van der Waals surface area (Å²) in [6.07, 6.45) is 0.0949. The SMILES string of the molecule is COc1ccccc1-c1cc(C(C)CC(=O)O)ccc1OC. The second-order valence-corrected chi connectivity index (χ2v) is 5.16. The van der Waals surface area contributed by atoms with Crippen molar-refractivity contribution < 1.29 is 19.4 Å². The first kappa shape index (κ1) is 15.9. The van der Waals surface area contributed by atoms with Crippen molar-refractivity contribution in [2.24, 2.45) is 0 Å². The number of rotatable bonds is 6. The normalized spacial score (nSPS) is 11.8. The number of carboxylic acids is 1. The monoisotopic (exact) mass is 300 g/mol. The molecule has 116 valence electrons. The molecule has 2 rings (SSSR count). The van der Waals surface area contributed by atoms with Crippen LogP contribution in [0.5, 0.6) is 11.5 Å². The lowest BCUT2D eigenvalue weighted by Crippen LogP contribution is -2.03. The molecule has 2 aromatic carbocycles. The summed E-state index contributed by atoms with van der Waals surface area (Å²) in [6, 6.07) is 13.5. The maximum atomic E-state index is 10.9. The Kier molecular flexibility index (Phi) is 5.04. The Hall–Kier alpha value is -2.49. The number of hydrogen-bond acceptors (Lipinski definition) is 3. The number of aliphatic carboxylic acids is 1. The molecule has 0 fully saturated rings. The number of carboxylic acid groups (broad SMARTS) is 1. The van der Waals surface area contributed by atoms with Crippen LogP contribution in [0.3, 0.4) is 0 Å². The Morgan fingerprint density at radius 1 is 1.05 bits per heavy atom. The summed E-state index contributed by atoms with van der Waals surface area (Å²) >= 11 is 0. The number of benzene rings is 2. The Labute approximate surface area is 130 Å². The fourth-order valence-corrected chi connectivity index (χ4v) is 2.49. The van der Waals surface area contributed by atoms with Crippen LogP contribution >= 0.6 is 0 Å². The summed E-state index contributed by atoms with van der Waals surface area (Å²) in [5.74, 6) is 0.610. The van der Waals surface area contributed by atoms with E-state index in [-0.39, 0.29) is 12.3 Å². The van der Waals surface area contributed by atoms with Crippen LogP contribution in [0.1, 0.15) is 24.8 Å². The summed E-state index contributed by atoms with van der Waals surface area (Å²) in [6.45, 7) is 1.90. The number of para-hydroxylation sites is 1. The molecule has 0 bridgehead atoms. The van der Waals surface area contributed by atoms with Gasteiger partial charge in [-0.1, -0.05) is 31.2 Å². The molecule has 2 aromatic rings. The highest BCUT2D eigenvalue weighted by atomic mass is 16.5. The summed E-state index contributed by atoms with van der Waals surface area (Å²) in [4.78, 5) is 10.9. The molecule has 1 unspecified atom stereocenters. The highest BCUT2D eigenvalue weighted by molar-refractivity contribution is 5.77. The van der Waals surface area contributed by atoms with Crippen LogP contribution in [-0.2, 0) is 4.79 Å². The Balaban J connectivity index is 2.51. The van der Waals surface area contributed by atoms with E-state index in [1.807, 2.05) is 49.4 Å². The van der Waals surface area contributed by atoms with Crippen molar-refractivity contribution in [1.29, 1.82) is 0 Å². The molecule has 0 amide bonds. The van der Waals surface area contributed by atoms with E-state index in [0.29, 0.717) is 0 Å². The fourth-order valence-electron chi connectivity index (χ4n) is 2.49. The topological polar surface area (TPSA) is 55.8 Å². The lowest BCUT2D eigenvalue weighted by atomic mass is 9.93. The molecule has 0 saturated heterocycles. The molecule has 4 heteroatoms. The van der Waals surface area contributed by atoms with Crippen LogP contribution < -0.4 is 9.47 Å². The van der Waals surface area contributed by atoms with Gasteiger partial charge >= 0.3 is 5.97 Å². The molecule has 0 radical (unpaired) electrons. The van der Waals surface area contributed by atoms with E-state index in [1.165, 1.54) is 0 Å². The molecule has 0 heterocycles. The molecule has 0 aromatic heterocycles. The van der Waals surface area contributed by atoms with E-state index >= 15 is 0 Å². The van der Waals surface area contributed by atoms with Crippen LogP contribution in [0.4, 0.5) is 0 Å². The average Bonchev–Trinajstić information content (AvgIpc) is 2.53. The molecule has 4 nitrogen and oxygen atoms in total. The third kappa shape index (κ3) is 3.39. The van der Waals surface area contributed by atoms with Crippen molar-refractivity contribution in [2.75, 3.05) is 14.2 Å². The second-order valence-electron chi connectivity index (χ2n) is 5.16. The molecule has 22 heavy (non-hydrogen) atoms. The highest BCUT2D eigenvalue weighted by Crippen LogP contribution is 2.38. The molecule has 0 spiro atoms. The lowest BCUT2D eigenvalue weighted by molar-refractivity contribution is -0.137. The average molecular weight is 300 g/mol. The van der Waals surface area contributed by atoms with Gasteiger partial charge < -0.3 is 14.6 Å². The quantitative estimate of drug-likeness (QED) is 0.877. The van der Waals surface area contributed by atoms with E-state index < -0.39 is 5.97 Å². The first-order valence-electron chi connectivity index (χ1n) is 7.10. The minimum atomic E-state index is -0.804. The van der Waals surface area contributed by atoms with E-state index in [1.54, 1.807) is 14.2 Å². The van der Waals surface area contributed by atoms with E-state index in [9.17, 15) is 4.79 Å². The number of hydrogen-bond donors (Lipinski definition) is 1. The Bertz CT molecular complexity index is 664. The first-order valence-corrected chi connectivity index (χ1v) is 7.10. The van der Waals surface area contributed by atoms with Gasteiger partial charge in [0.15, 0.2) is 0 Å². The number of methoxy groups -OCH3 is 2. The molecule has 0 aliphatic heterocycles. The molecule has 1 atom stereocenters. The van der Waals surface area contributed by atoms with Gasteiger partial charge in [0.25, 0.3) is 0 Å². The molecular weight excluding hydrogens is 280 g/mol. The maximum absolute atomic E-state index is 10.9. The van der Waals surface area contributed by atoms with E-state index in [4.69, 9.17) is 14.6 Å². The molecule has 0 saturated carbocycles. The van der Waals surface area contributed by atoms with Gasteiger partial charge in [0.1, 0.15) is 11.5 Å². The van der Waals surface area contributed by atoms with Gasteiger partial charge in [0.05, 0.1) is 20.6 Å². The minimum absolute atomic E-state index is 0.0723. The zero-order valence-electron chi connectivity index (χ0n) is 13.0. The molecule has 0 aliphatic carbocycles. The molecule has 0 aliphatic rings. The van der Waals surface area contributed by atoms with Crippen LogP contribution in [-0.4, -0.2) is 25.3 Å². The van der Waals surface area contributed by atoms with Crippen molar-refractivity contribution >= 4 is 5.97 Å². The van der Waals surface area contributed by atoms with Crippen LogP contribution in [0.2, 0.25) is 0 Å². The van der Waals surface area contributed by atoms with Crippen LogP contribution in [0.15, 0.2) is 42.5 Å². The summed E-state index contributed by atoms with van der Waals surface area (Å²) in [5, 5.41) is 8.97. The zero-order valence-corrected chi connectivity index (χ0v) is 13.0. The van der Waals surface area contributed by atoms with Gasteiger partial charge in [0, 0.05) is 11.1 Å². The van der Waals surface area contributed by atoms with Gasteiger partial charge in [-0.25, -0.2) is 0 Å². The molecule has 1 N–H and O–H groups in total. The Morgan fingerprint density at radius 2 is 1.68 bits per heavy atom. The summed E-state index contributed by atoms with van der Waals surface area (Å²) in [7, 11) is 3.25. The van der Waals surface area contributed by atoms with Crippen LogP contribution in [0, 0.1) is 0 Å². The maximum Gasteiger partial charge on any atom is 0.303 e. The largest absolute Gasteiger partial charge is 0.496 e. The Morgan fingerprint density at radius 3 is 2.32 bits per heavy atom. The highest BCUT2D eigenvalue weighted by Gasteiger charge is 2.15. The molecular formula is C18H20O4. The van der Waals surface area contributed by atoms with Crippen molar-refractivity contribution in [1.82, 2.24) is 0 Å². The van der Waals surface area contributed by atoms with E-state index in [2.05, 4.69) is 0 Å². The van der Waals surface area contributed by atoms with Gasteiger partial charge in [-0.05, 0) is 29.7 Å². The van der Waals surface area contributed by atoms with Gasteiger partial charge in [0.2, 0.25) is 0 Å². The van der Waals surface area contributed by atoms with Crippen molar-refractivity contribution in [3.63, 3.8) is 0 Å². The second kappa shape index (κ2) is 6.98. The summed E-state index contributed by atoms with van der Waals surface area (Å²) < 4.78 is 10.9. The number of carbonyl (C=O) groups is 1. The smallest absolute Gasteiger partial charge is 0.303 e. The third-order valence-corrected chi connectivity index (χ3v) is 3.67. The van der Waals surface area contributed by atoms with Gasteiger partial charge in [-0.3, -0.25) is 4.79 Å². The zero-order chi connectivity index (χ0) is 16.1. The van der Waals surface area contributed by atoms with Crippen LogP contribution in [0.25, 0.3) is 11.1 Å². The summed E-state index contributed by atoms with van der Waals surface area (Å²) in [5.41, 5.74) is 2.78. The van der Waals surface area contributed by atoms with Crippen molar-refractivity contribution in [3.8, 4) is 22.6 Å². The fraction of sp³-hybridized carbons (Fsp3) is 0.278. The van der Waals surface area contributed by atoms with Crippen molar-refractivity contribution in [2.45, 2.75) is 19.3 Å². The standard InChI is InChI=1S/C18H20O4/c1-12(10-18(19)20)13-8-9-17(22-3)15(11-13)14-6-4-5-7-16(14)21-2/h4-9,11-12H,10H2,1-3H3,(H,19,20). The predicted octanol–water partition coefficient (Wildman–Crippen LogP) is 3.95. The van der Waals surface area contributed by atoms with E-state index in [0.717, 1.165) is 28.2 Å². The first-order chi connectivity index (χ1) is 10.6. The third-order valence-electron chi connectivity index (χ3n) is 3.67.